The van der Waals surface area contributed by atoms with Crippen molar-refractivity contribution in [2.24, 2.45) is 0 Å². The van der Waals surface area contributed by atoms with E-state index in [0.29, 0.717) is 30.9 Å². The molecule has 1 aliphatic heterocycles. The van der Waals surface area contributed by atoms with Gasteiger partial charge in [-0.3, -0.25) is 9.69 Å². The number of nitrogens with zero attached hydrogens (tertiary/aromatic N) is 2. The van der Waals surface area contributed by atoms with Gasteiger partial charge >= 0.3 is 0 Å². The number of halogens is 3. The molecule has 0 fully saturated rings. The molecule has 3 aromatic rings. The van der Waals surface area contributed by atoms with Crippen molar-refractivity contribution in [2.45, 2.75) is 19.5 Å². The zero-order valence-corrected chi connectivity index (χ0v) is 15.1. The number of fused-ring (bicyclic) bond motifs is 1. The van der Waals surface area contributed by atoms with Crippen molar-refractivity contribution >= 4 is 22.9 Å². The van der Waals surface area contributed by atoms with Crippen molar-refractivity contribution in [3.05, 3.63) is 73.5 Å². The number of aromatic nitrogens is 2. The summed E-state index contributed by atoms with van der Waals surface area (Å²) in [7, 11) is 0. The fourth-order valence-corrected chi connectivity index (χ4v) is 3.97. The van der Waals surface area contributed by atoms with Crippen molar-refractivity contribution in [3.8, 4) is 10.7 Å². The summed E-state index contributed by atoms with van der Waals surface area (Å²) >= 11 is 7.41. The Morgan fingerprint density at radius 1 is 1.27 bits per heavy atom. The number of nitrogens with one attached hydrogen (secondary N) is 1. The minimum Gasteiger partial charge on any atom is -0.306 e. The predicted molar refractivity (Wildman–Crippen MR) is 97.4 cm³/mol. The number of hydrogen-bond acceptors (Lipinski definition) is 4. The molecule has 26 heavy (non-hydrogen) atoms. The van der Waals surface area contributed by atoms with E-state index in [1.807, 2.05) is 22.4 Å². The molecule has 1 N–H and O–H groups in total. The van der Waals surface area contributed by atoms with E-state index < -0.39 is 11.6 Å². The fourth-order valence-electron chi connectivity index (χ4n) is 3.08. The standard InChI is InChI=1S/C18H14ClF2N3OS/c19-16-10(12(20)3-4-13(16)21)8-24-6-5-14-11(9-24)18(25)23-17(22-14)15-2-1-7-26-15/h1-4,7H,5-6,8-9H2,(H,22,23,25). The van der Waals surface area contributed by atoms with Gasteiger partial charge in [-0.25, -0.2) is 13.8 Å². The zero-order valence-electron chi connectivity index (χ0n) is 13.6. The lowest BCUT2D eigenvalue weighted by Gasteiger charge is -2.28. The van der Waals surface area contributed by atoms with Gasteiger partial charge in [0.1, 0.15) is 11.6 Å². The second-order valence-electron chi connectivity index (χ2n) is 6.10. The highest BCUT2D eigenvalue weighted by Crippen LogP contribution is 2.27. The molecule has 134 valence electrons. The Hall–Kier alpha value is -2.09. The van der Waals surface area contributed by atoms with Crippen LogP contribution in [-0.4, -0.2) is 21.4 Å². The third-order valence-corrected chi connectivity index (χ3v) is 5.71. The Bertz CT molecular complexity index is 1020. The van der Waals surface area contributed by atoms with Gasteiger partial charge in [0.05, 0.1) is 21.2 Å². The fraction of sp³-hybridized carbons (Fsp3) is 0.222. The van der Waals surface area contributed by atoms with Crippen molar-refractivity contribution < 1.29 is 8.78 Å². The van der Waals surface area contributed by atoms with Crippen LogP contribution < -0.4 is 5.56 Å². The van der Waals surface area contributed by atoms with Crippen LogP contribution in [0.2, 0.25) is 5.02 Å². The van der Waals surface area contributed by atoms with Crippen LogP contribution in [0.5, 0.6) is 0 Å². The molecule has 0 saturated carbocycles. The number of thiophene rings is 1. The first kappa shape index (κ1) is 17.3. The van der Waals surface area contributed by atoms with Crippen molar-refractivity contribution in [1.29, 1.82) is 0 Å². The van der Waals surface area contributed by atoms with Crippen molar-refractivity contribution in [1.82, 2.24) is 14.9 Å². The molecule has 0 aliphatic carbocycles. The quantitative estimate of drug-likeness (QED) is 0.684. The molecule has 0 bridgehead atoms. The number of hydrogen-bond donors (Lipinski definition) is 1. The second kappa shape index (κ2) is 6.90. The topological polar surface area (TPSA) is 49.0 Å². The molecule has 0 atom stereocenters. The molecule has 1 aromatic carbocycles. The Kier molecular flexibility index (Phi) is 4.60. The van der Waals surface area contributed by atoms with Crippen LogP contribution in [0.25, 0.3) is 10.7 Å². The van der Waals surface area contributed by atoms with E-state index >= 15 is 0 Å². The van der Waals surface area contributed by atoms with Gasteiger partial charge in [0.25, 0.3) is 5.56 Å². The minimum atomic E-state index is -0.652. The van der Waals surface area contributed by atoms with Crippen LogP contribution in [-0.2, 0) is 19.5 Å². The molecule has 1 aliphatic rings. The highest BCUT2D eigenvalue weighted by atomic mass is 35.5. The lowest BCUT2D eigenvalue weighted by Crippen LogP contribution is -2.35. The Morgan fingerprint density at radius 3 is 2.85 bits per heavy atom. The molecule has 0 radical (unpaired) electrons. The summed E-state index contributed by atoms with van der Waals surface area (Å²) in [5.74, 6) is -0.640. The van der Waals surface area contributed by atoms with Crippen LogP contribution in [0.1, 0.15) is 16.8 Å². The van der Waals surface area contributed by atoms with Crippen molar-refractivity contribution in [3.63, 3.8) is 0 Å². The van der Waals surface area contributed by atoms with E-state index in [9.17, 15) is 13.6 Å². The van der Waals surface area contributed by atoms with Gasteiger partial charge in [-0.2, -0.15) is 0 Å². The maximum absolute atomic E-state index is 14.0. The molecule has 2 aromatic heterocycles. The van der Waals surface area contributed by atoms with Crippen LogP contribution in [0.4, 0.5) is 8.78 Å². The number of rotatable bonds is 3. The highest BCUT2D eigenvalue weighted by Gasteiger charge is 2.24. The maximum atomic E-state index is 14.0. The number of H-pyrrole nitrogens is 1. The maximum Gasteiger partial charge on any atom is 0.255 e. The van der Waals surface area contributed by atoms with Crippen LogP contribution >= 0.6 is 22.9 Å². The van der Waals surface area contributed by atoms with E-state index in [1.54, 1.807) is 0 Å². The van der Waals surface area contributed by atoms with Gasteiger partial charge in [0, 0.05) is 31.6 Å². The normalized spacial score (nSPS) is 14.4. The summed E-state index contributed by atoms with van der Waals surface area (Å²) in [5, 5.41) is 1.71. The van der Waals surface area contributed by atoms with Crippen molar-refractivity contribution in [2.75, 3.05) is 6.54 Å². The summed E-state index contributed by atoms with van der Waals surface area (Å²) in [6.07, 6.45) is 0.562. The van der Waals surface area contributed by atoms with E-state index in [0.717, 1.165) is 22.7 Å². The third kappa shape index (κ3) is 3.18. The minimum absolute atomic E-state index is 0.106. The van der Waals surface area contributed by atoms with Crippen LogP contribution in [0.15, 0.2) is 34.4 Å². The largest absolute Gasteiger partial charge is 0.306 e. The molecule has 8 heteroatoms. The van der Waals surface area contributed by atoms with Gasteiger partial charge in [0.15, 0.2) is 5.82 Å². The molecule has 0 unspecified atom stereocenters. The average Bonchev–Trinajstić information content (AvgIpc) is 3.17. The molecule has 3 heterocycles. The summed E-state index contributed by atoms with van der Waals surface area (Å²) in [4.78, 5) is 22.6. The van der Waals surface area contributed by atoms with E-state index in [2.05, 4.69) is 9.97 Å². The Labute approximate surface area is 157 Å². The smallest absolute Gasteiger partial charge is 0.255 e. The van der Waals surface area contributed by atoms with E-state index in [4.69, 9.17) is 11.6 Å². The first-order valence-electron chi connectivity index (χ1n) is 8.03. The highest BCUT2D eigenvalue weighted by molar-refractivity contribution is 7.13. The van der Waals surface area contributed by atoms with Crippen LogP contribution in [0, 0.1) is 11.6 Å². The van der Waals surface area contributed by atoms with Gasteiger partial charge < -0.3 is 4.98 Å². The summed E-state index contributed by atoms with van der Waals surface area (Å²) < 4.78 is 27.6. The van der Waals surface area contributed by atoms with E-state index in [-0.39, 0.29) is 22.7 Å². The summed E-state index contributed by atoms with van der Waals surface area (Å²) in [5.41, 5.74) is 1.22. The molecule has 0 amide bonds. The lowest BCUT2D eigenvalue weighted by molar-refractivity contribution is 0.238. The first-order chi connectivity index (χ1) is 12.5. The zero-order chi connectivity index (χ0) is 18.3. The average molecular weight is 394 g/mol. The van der Waals surface area contributed by atoms with Gasteiger partial charge in [0.2, 0.25) is 0 Å². The predicted octanol–water partition coefficient (Wildman–Crippen LogP) is 3.99. The monoisotopic (exact) mass is 393 g/mol. The van der Waals surface area contributed by atoms with Gasteiger partial charge in [-0.15, -0.1) is 11.3 Å². The second-order valence-corrected chi connectivity index (χ2v) is 7.43. The Balaban J connectivity index is 1.61. The molecular weight excluding hydrogens is 380 g/mol. The van der Waals surface area contributed by atoms with E-state index in [1.165, 1.54) is 11.3 Å². The molecule has 0 spiro atoms. The van der Waals surface area contributed by atoms with Crippen LogP contribution in [0.3, 0.4) is 0 Å². The summed E-state index contributed by atoms with van der Waals surface area (Å²) in [6, 6.07) is 5.88. The summed E-state index contributed by atoms with van der Waals surface area (Å²) in [6.45, 7) is 1.03. The Morgan fingerprint density at radius 2 is 2.08 bits per heavy atom. The molecule has 4 nitrogen and oxygen atoms in total. The number of aromatic amines is 1. The molecule has 0 saturated heterocycles. The van der Waals surface area contributed by atoms with Gasteiger partial charge in [-0.05, 0) is 23.6 Å². The third-order valence-electron chi connectivity index (χ3n) is 4.42. The molecule has 4 rings (SSSR count). The molecular formula is C18H14ClF2N3OS. The van der Waals surface area contributed by atoms with Gasteiger partial charge in [-0.1, -0.05) is 17.7 Å². The lowest BCUT2D eigenvalue weighted by atomic mass is 10.1. The first-order valence-corrected chi connectivity index (χ1v) is 9.29. The number of benzene rings is 1. The SMILES string of the molecule is O=c1[nH]c(-c2cccs2)nc2c1CN(Cc1c(F)ccc(F)c1Cl)CC2.